The van der Waals surface area contributed by atoms with Gasteiger partial charge in [0.15, 0.2) is 0 Å². The lowest BCUT2D eigenvalue weighted by molar-refractivity contribution is 0.529. The van der Waals surface area contributed by atoms with E-state index in [0.717, 1.165) is 56.2 Å². The number of para-hydroxylation sites is 6. The largest absolute Gasteiger partial charge is 0.424 e. The van der Waals surface area contributed by atoms with Crippen molar-refractivity contribution in [1.29, 1.82) is 0 Å². The lowest BCUT2D eigenvalue weighted by Crippen LogP contribution is -1.96. The molecule has 0 fully saturated rings. The van der Waals surface area contributed by atoms with Crippen LogP contribution in [0.3, 0.4) is 0 Å². The van der Waals surface area contributed by atoms with Crippen molar-refractivity contribution in [2.45, 2.75) is 0 Å². The Morgan fingerprint density at radius 3 is 0.895 bits per heavy atom. The number of hydrogen-bond acceptors (Lipinski definition) is 1. The molecule has 0 unspecified atom stereocenters. The van der Waals surface area contributed by atoms with Gasteiger partial charge in [0.2, 0.25) is 11.8 Å². The van der Waals surface area contributed by atoms with Crippen LogP contribution in [-0.2, 0) is 0 Å². The topological polar surface area (TPSA) is 32.9 Å². The lowest BCUT2D eigenvalue weighted by Gasteiger charge is -2.09. The molecule has 0 bridgehead atoms. The molecule has 266 valence electrons. The van der Waals surface area contributed by atoms with E-state index in [1.54, 1.807) is 0 Å². The number of furan rings is 1. The minimum absolute atomic E-state index is 0.767. The fraction of sp³-hybridized carbons (Fsp3) is 0. The minimum atomic E-state index is 0.767. The Bertz CT molecular complexity index is 3500. The number of rotatable bonds is 4. The SMILES string of the molecule is c1ccc(-n2c3ccccc3c3cc4c5ccccc5n(-c5ccc(-n6c7ccccc7c7cc8c9ccccc9n(-c9ccccc9)c8cc76)o5)c4cc32)cc1. The second-order valence-corrected chi connectivity index (χ2v) is 15.0. The summed E-state index contributed by atoms with van der Waals surface area (Å²) in [5.41, 5.74) is 11.4. The Kier molecular flexibility index (Phi) is 6.10. The van der Waals surface area contributed by atoms with Gasteiger partial charge in [0.1, 0.15) is 0 Å². The fourth-order valence-corrected chi connectivity index (χ4v) is 9.61. The Morgan fingerprint density at radius 1 is 0.228 bits per heavy atom. The molecule has 0 saturated carbocycles. The maximum Gasteiger partial charge on any atom is 0.207 e. The monoisotopic (exact) mass is 728 g/mol. The van der Waals surface area contributed by atoms with Gasteiger partial charge in [-0.15, -0.1) is 0 Å². The maximum absolute atomic E-state index is 7.09. The van der Waals surface area contributed by atoms with E-state index in [1.807, 2.05) is 0 Å². The van der Waals surface area contributed by atoms with Crippen LogP contribution in [0.4, 0.5) is 0 Å². The number of fused-ring (bicyclic) bond motifs is 12. The third kappa shape index (κ3) is 4.17. The van der Waals surface area contributed by atoms with Gasteiger partial charge in [-0.05, 0) is 72.8 Å². The first kappa shape index (κ1) is 30.6. The normalized spacial score (nSPS) is 12.2. The van der Waals surface area contributed by atoms with E-state index in [0.29, 0.717) is 0 Å². The summed E-state index contributed by atoms with van der Waals surface area (Å²) in [7, 11) is 0. The molecule has 0 spiro atoms. The lowest BCUT2D eigenvalue weighted by atomic mass is 10.1. The Morgan fingerprint density at radius 2 is 0.526 bits per heavy atom. The van der Waals surface area contributed by atoms with Gasteiger partial charge in [0, 0.05) is 66.6 Å². The Balaban J connectivity index is 1.08. The second-order valence-electron chi connectivity index (χ2n) is 15.0. The van der Waals surface area contributed by atoms with Gasteiger partial charge in [0.25, 0.3) is 0 Å². The molecule has 0 saturated heterocycles. The third-order valence-electron chi connectivity index (χ3n) is 12.0. The molecular formula is C52H32N4O. The summed E-state index contributed by atoms with van der Waals surface area (Å²) in [5.74, 6) is 1.53. The van der Waals surface area contributed by atoms with Crippen molar-refractivity contribution in [3.05, 3.63) is 194 Å². The highest BCUT2D eigenvalue weighted by molar-refractivity contribution is 6.20. The first-order chi connectivity index (χ1) is 28.3. The molecule has 5 nitrogen and oxygen atoms in total. The zero-order valence-electron chi connectivity index (χ0n) is 30.7. The molecule has 0 aliphatic rings. The predicted molar refractivity (Wildman–Crippen MR) is 236 cm³/mol. The number of benzene rings is 8. The predicted octanol–water partition coefficient (Wildman–Crippen LogP) is 13.7. The number of hydrogen-bond donors (Lipinski definition) is 0. The fourth-order valence-electron chi connectivity index (χ4n) is 9.61. The van der Waals surface area contributed by atoms with Gasteiger partial charge in [-0.25, -0.2) is 0 Å². The highest BCUT2D eigenvalue weighted by Gasteiger charge is 2.22. The van der Waals surface area contributed by atoms with Gasteiger partial charge in [0.05, 0.1) is 44.1 Å². The minimum Gasteiger partial charge on any atom is -0.424 e. The van der Waals surface area contributed by atoms with E-state index in [-0.39, 0.29) is 0 Å². The summed E-state index contributed by atoms with van der Waals surface area (Å²) < 4.78 is 16.4. The smallest absolute Gasteiger partial charge is 0.207 e. The number of nitrogens with zero attached hydrogens (tertiary/aromatic N) is 4. The molecule has 5 heterocycles. The summed E-state index contributed by atoms with van der Waals surface area (Å²) in [6.45, 7) is 0. The molecule has 57 heavy (non-hydrogen) atoms. The summed E-state index contributed by atoms with van der Waals surface area (Å²) in [5, 5.41) is 9.71. The molecular weight excluding hydrogens is 697 g/mol. The standard InChI is InChI=1S/C52H32N4O/c1-3-15-33(16-4-1)53-43-23-11-7-19-35(43)39-29-41-37-21-9-13-25-45(37)55(49(41)31-47(39)53)51-27-28-52(57-51)56-46-26-14-10-22-38(46)42-30-40-36-20-8-12-24-44(36)54(48(40)32-50(42)56)34-17-5-2-6-18-34/h1-32H. The van der Waals surface area contributed by atoms with E-state index in [2.05, 4.69) is 212 Å². The molecule has 8 aromatic carbocycles. The van der Waals surface area contributed by atoms with Crippen LogP contribution < -0.4 is 0 Å². The van der Waals surface area contributed by atoms with Crippen LogP contribution in [0, 0.1) is 0 Å². The van der Waals surface area contributed by atoms with Gasteiger partial charge >= 0.3 is 0 Å². The van der Waals surface area contributed by atoms with Crippen molar-refractivity contribution < 1.29 is 4.42 Å². The summed E-state index contributed by atoms with van der Waals surface area (Å²) in [6.07, 6.45) is 0. The van der Waals surface area contributed by atoms with Crippen molar-refractivity contribution >= 4 is 87.2 Å². The van der Waals surface area contributed by atoms with Crippen LogP contribution in [0.1, 0.15) is 0 Å². The van der Waals surface area contributed by atoms with Gasteiger partial charge < -0.3 is 13.6 Å². The molecule has 0 atom stereocenters. The molecule has 0 aliphatic carbocycles. The van der Waals surface area contributed by atoms with E-state index < -0.39 is 0 Å². The van der Waals surface area contributed by atoms with E-state index in [1.165, 1.54) is 54.1 Å². The number of aromatic nitrogens is 4. The van der Waals surface area contributed by atoms with Gasteiger partial charge in [-0.3, -0.25) is 9.13 Å². The van der Waals surface area contributed by atoms with Crippen molar-refractivity contribution in [3.8, 4) is 23.1 Å². The average molecular weight is 729 g/mol. The molecule has 5 aromatic heterocycles. The van der Waals surface area contributed by atoms with Crippen LogP contribution in [0.25, 0.3) is 110 Å². The van der Waals surface area contributed by atoms with Crippen LogP contribution in [0.5, 0.6) is 0 Å². The molecule has 13 rings (SSSR count). The summed E-state index contributed by atoms with van der Waals surface area (Å²) in [4.78, 5) is 0. The molecule has 0 amide bonds. The quantitative estimate of drug-likeness (QED) is 0.178. The van der Waals surface area contributed by atoms with Crippen molar-refractivity contribution in [2.75, 3.05) is 0 Å². The molecule has 0 N–H and O–H groups in total. The molecule has 0 aliphatic heterocycles. The maximum atomic E-state index is 7.09. The summed E-state index contributed by atoms with van der Waals surface area (Å²) in [6, 6.07) is 69.8. The van der Waals surface area contributed by atoms with Crippen molar-refractivity contribution in [2.24, 2.45) is 0 Å². The molecule has 0 radical (unpaired) electrons. The summed E-state index contributed by atoms with van der Waals surface area (Å²) >= 11 is 0. The molecule has 5 heteroatoms. The van der Waals surface area contributed by atoms with Crippen LogP contribution in [0.15, 0.2) is 199 Å². The van der Waals surface area contributed by atoms with Crippen LogP contribution in [0.2, 0.25) is 0 Å². The first-order valence-electron chi connectivity index (χ1n) is 19.4. The highest BCUT2D eigenvalue weighted by Crippen LogP contribution is 2.42. The second kappa shape index (κ2) is 11.4. The van der Waals surface area contributed by atoms with Crippen LogP contribution >= 0.6 is 0 Å². The van der Waals surface area contributed by atoms with E-state index >= 15 is 0 Å². The molecule has 13 aromatic rings. The van der Waals surface area contributed by atoms with Gasteiger partial charge in [-0.2, -0.15) is 0 Å². The van der Waals surface area contributed by atoms with E-state index in [9.17, 15) is 0 Å². The Labute approximate surface area is 326 Å². The zero-order valence-corrected chi connectivity index (χ0v) is 30.7. The van der Waals surface area contributed by atoms with Crippen molar-refractivity contribution in [3.63, 3.8) is 0 Å². The van der Waals surface area contributed by atoms with Crippen LogP contribution in [-0.4, -0.2) is 18.3 Å². The Hall–Kier alpha value is -7.76. The first-order valence-corrected chi connectivity index (χ1v) is 19.4. The van der Waals surface area contributed by atoms with Crippen molar-refractivity contribution in [1.82, 2.24) is 18.3 Å². The third-order valence-corrected chi connectivity index (χ3v) is 12.0. The average Bonchev–Trinajstić information content (AvgIpc) is 4.08. The van der Waals surface area contributed by atoms with E-state index in [4.69, 9.17) is 4.42 Å². The zero-order chi connectivity index (χ0) is 37.2. The highest BCUT2D eigenvalue weighted by atomic mass is 16.4. The van der Waals surface area contributed by atoms with Gasteiger partial charge in [-0.1, -0.05) is 109 Å².